The Morgan fingerprint density at radius 1 is 1.33 bits per heavy atom. The first-order valence-electron chi connectivity index (χ1n) is 4.37. The molecule has 2 fully saturated rings. The smallest absolute Gasteiger partial charge is 0.115 e. The summed E-state index contributed by atoms with van der Waals surface area (Å²) in [6.45, 7) is 2.23. The van der Waals surface area contributed by atoms with Crippen molar-refractivity contribution in [3.63, 3.8) is 0 Å². The number of hydrogen-bond donors (Lipinski definition) is 2. The summed E-state index contributed by atoms with van der Waals surface area (Å²) in [5.41, 5.74) is 0. The van der Waals surface area contributed by atoms with E-state index in [1.807, 2.05) is 6.92 Å². The molecule has 0 aliphatic carbocycles. The molecule has 2 aliphatic heterocycles. The SMILES string of the molecule is CCC1O[C@H]2[C@H](OC[C@H]2O)[C@H]1O. The highest BCUT2D eigenvalue weighted by atomic mass is 16.6. The topological polar surface area (TPSA) is 58.9 Å². The maximum atomic E-state index is 9.62. The van der Waals surface area contributed by atoms with E-state index in [1.165, 1.54) is 0 Å². The molecule has 2 rings (SSSR count). The minimum atomic E-state index is -0.572. The fourth-order valence-corrected chi connectivity index (χ4v) is 1.91. The average molecular weight is 174 g/mol. The Morgan fingerprint density at radius 2 is 2.08 bits per heavy atom. The van der Waals surface area contributed by atoms with Crippen LogP contribution in [-0.2, 0) is 9.47 Å². The van der Waals surface area contributed by atoms with E-state index in [4.69, 9.17) is 9.47 Å². The fourth-order valence-electron chi connectivity index (χ4n) is 1.91. The number of fused-ring (bicyclic) bond motifs is 1. The third-order valence-corrected chi connectivity index (χ3v) is 2.61. The molecule has 0 saturated carbocycles. The maximum absolute atomic E-state index is 9.62. The second kappa shape index (κ2) is 2.96. The molecule has 0 aromatic rings. The van der Waals surface area contributed by atoms with Gasteiger partial charge in [-0.05, 0) is 6.42 Å². The fraction of sp³-hybridized carbons (Fsp3) is 1.00. The van der Waals surface area contributed by atoms with Gasteiger partial charge in [-0.3, -0.25) is 0 Å². The summed E-state index contributed by atoms with van der Waals surface area (Å²) in [6, 6.07) is 0. The second-order valence-corrected chi connectivity index (χ2v) is 3.40. The molecule has 1 unspecified atom stereocenters. The van der Waals surface area contributed by atoms with Crippen LogP contribution in [0, 0.1) is 0 Å². The van der Waals surface area contributed by atoms with E-state index in [2.05, 4.69) is 0 Å². The van der Waals surface area contributed by atoms with Crippen LogP contribution in [0.2, 0.25) is 0 Å². The van der Waals surface area contributed by atoms with Crippen LogP contribution < -0.4 is 0 Å². The Kier molecular flexibility index (Phi) is 2.08. The van der Waals surface area contributed by atoms with Crippen molar-refractivity contribution in [1.82, 2.24) is 0 Å². The zero-order valence-electron chi connectivity index (χ0n) is 7.01. The first-order chi connectivity index (χ1) is 5.74. The van der Waals surface area contributed by atoms with Crippen molar-refractivity contribution in [2.75, 3.05) is 6.61 Å². The minimum Gasteiger partial charge on any atom is -0.388 e. The monoisotopic (exact) mass is 174 g/mol. The zero-order chi connectivity index (χ0) is 8.72. The number of hydrogen-bond acceptors (Lipinski definition) is 4. The Bertz CT molecular complexity index is 172. The van der Waals surface area contributed by atoms with Crippen LogP contribution in [0.5, 0.6) is 0 Å². The Labute approximate surface area is 71.1 Å². The lowest BCUT2D eigenvalue weighted by Gasteiger charge is -2.14. The van der Waals surface area contributed by atoms with Gasteiger partial charge in [-0.2, -0.15) is 0 Å². The summed E-state index contributed by atoms with van der Waals surface area (Å²) in [5.74, 6) is 0. The number of aliphatic hydroxyl groups excluding tert-OH is 2. The van der Waals surface area contributed by atoms with Crippen molar-refractivity contribution in [3.8, 4) is 0 Å². The molecule has 2 aliphatic rings. The van der Waals surface area contributed by atoms with Gasteiger partial charge in [-0.15, -0.1) is 0 Å². The number of ether oxygens (including phenoxy) is 2. The summed E-state index contributed by atoms with van der Waals surface area (Å²) in [7, 11) is 0. The second-order valence-electron chi connectivity index (χ2n) is 3.40. The summed E-state index contributed by atoms with van der Waals surface area (Å²) >= 11 is 0. The molecule has 0 radical (unpaired) electrons. The quantitative estimate of drug-likeness (QED) is 0.551. The van der Waals surface area contributed by atoms with Crippen molar-refractivity contribution < 1.29 is 19.7 Å². The minimum absolute atomic E-state index is 0.171. The van der Waals surface area contributed by atoms with Crippen molar-refractivity contribution in [1.29, 1.82) is 0 Å². The molecule has 4 nitrogen and oxygen atoms in total. The van der Waals surface area contributed by atoms with Crippen LogP contribution in [-0.4, -0.2) is 47.3 Å². The highest BCUT2D eigenvalue weighted by Gasteiger charge is 2.50. The first kappa shape index (κ1) is 8.44. The number of rotatable bonds is 1. The van der Waals surface area contributed by atoms with E-state index in [0.717, 1.165) is 6.42 Å². The number of aliphatic hydroxyl groups is 2. The average Bonchev–Trinajstić information content (AvgIpc) is 2.55. The van der Waals surface area contributed by atoms with Gasteiger partial charge in [-0.25, -0.2) is 0 Å². The van der Waals surface area contributed by atoms with E-state index in [-0.39, 0.29) is 24.9 Å². The molecular weight excluding hydrogens is 160 g/mol. The maximum Gasteiger partial charge on any atom is 0.115 e. The van der Waals surface area contributed by atoms with Crippen molar-refractivity contribution in [3.05, 3.63) is 0 Å². The van der Waals surface area contributed by atoms with Gasteiger partial charge in [0, 0.05) is 0 Å². The van der Waals surface area contributed by atoms with Crippen molar-refractivity contribution >= 4 is 0 Å². The van der Waals surface area contributed by atoms with E-state index in [9.17, 15) is 10.2 Å². The summed E-state index contributed by atoms with van der Waals surface area (Å²) in [4.78, 5) is 0. The molecule has 2 N–H and O–H groups in total. The normalized spacial score (nSPS) is 52.8. The zero-order valence-corrected chi connectivity index (χ0v) is 7.01. The van der Waals surface area contributed by atoms with Gasteiger partial charge in [-0.1, -0.05) is 6.92 Å². The molecule has 2 saturated heterocycles. The predicted octanol–water partition coefficient (Wildman–Crippen LogP) is -0.716. The molecule has 0 spiro atoms. The largest absolute Gasteiger partial charge is 0.388 e. The van der Waals surface area contributed by atoms with E-state index in [0.29, 0.717) is 0 Å². The van der Waals surface area contributed by atoms with Gasteiger partial charge >= 0.3 is 0 Å². The van der Waals surface area contributed by atoms with Gasteiger partial charge in [0.15, 0.2) is 0 Å². The lowest BCUT2D eigenvalue weighted by atomic mass is 10.1. The first-order valence-corrected chi connectivity index (χ1v) is 4.37. The predicted molar refractivity (Wildman–Crippen MR) is 40.7 cm³/mol. The lowest BCUT2D eigenvalue weighted by molar-refractivity contribution is -0.0456. The summed E-state index contributed by atoms with van der Waals surface area (Å²) in [5, 5.41) is 19.0. The molecule has 4 heteroatoms. The van der Waals surface area contributed by atoms with Crippen LogP contribution in [0.4, 0.5) is 0 Å². The van der Waals surface area contributed by atoms with E-state index in [1.54, 1.807) is 0 Å². The Morgan fingerprint density at radius 3 is 2.67 bits per heavy atom. The van der Waals surface area contributed by atoms with E-state index >= 15 is 0 Å². The lowest BCUT2D eigenvalue weighted by Crippen LogP contribution is -2.32. The molecule has 0 amide bonds. The van der Waals surface area contributed by atoms with Crippen LogP contribution in [0.15, 0.2) is 0 Å². The summed E-state index contributed by atoms with van der Waals surface area (Å²) < 4.78 is 10.6. The van der Waals surface area contributed by atoms with Gasteiger partial charge in [0.25, 0.3) is 0 Å². The highest BCUT2D eigenvalue weighted by Crippen LogP contribution is 2.32. The highest BCUT2D eigenvalue weighted by molar-refractivity contribution is 4.98. The molecule has 2 heterocycles. The molecule has 0 aromatic heterocycles. The molecule has 70 valence electrons. The van der Waals surface area contributed by atoms with Gasteiger partial charge < -0.3 is 19.7 Å². The van der Waals surface area contributed by atoms with Crippen LogP contribution in [0.3, 0.4) is 0 Å². The molecular formula is C8H14O4. The van der Waals surface area contributed by atoms with Crippen molar-refractivity contribution in [2.24, 2.45) is 0 Å². The Hall–Kier alpha value is -0.160. The van der Waals surface area contributed by atoms with E-state index < -0.39 is 12.2 Å². The van der Waals surface area contributed by atoms with Gasteiger partial charge in [0.2, 0.25) is 0 Å². The third kappa shape index (κ3) is 1.07. The molecule has 5 atom stereocenters. The van der Waals surface area contributed by atoms with Crippen LogP contribution >= 0.6 is 0 Å². The molecule has 0 bridgehead atoms. The molecule has 12 heavy (non-hydrogen) atoms. The van der Waals surface area contributed by atoms with Crippen LogP contribution in [0.25, 0.3) is 0 Å². The van der Waals surface area contributed by atoms with Gasteiger partial charge in [0.05, 0.1) is 12.7 Å². The molecule has 0 aromatic carbocycles. The Balaban J connectivity index is 2.08. The van der Waals surface area contributed by atoms with Gasteiger partial charge in [0.1, 0.15) is 24.4 Å². The van der Waals surface area contributed by atoms with Crippen molar-refractivity contribution in [2.45, 2.75) is 43.9 Å². The third-order valence-electron chi connectivity index (χ3n) is 2.61. The van der Waals surface area contributed by atoms with Crippen LogP contribution in [0.1, 0.15) is 13.3 Å². The summed E-state index contributed by atoms with van der Waals surface area (Å²) in [6.07, 6.45) is -1.19. The standard InChI is InChI=1S/C8H14O4/c1-2-5-6(10)8-7(12-5)4(9)3-11-8/h4-10H,2-3H2,1H3/t4-,5?,6+,7-,8-/m1/s1.